The van der Waals surface area contributed by atoms with E-state index < -0.39 is 0 Å². The minimum atomic E-state index is -0.179. The second-order valence-electron chi connectivity index (χ2n) is 4.37. The van der Waals surface area contributed by atoms with Crippen LogP contribution in [0.15, 0.2) is 48.5 Å². The average molecular weight is 292 g/mol. The molecule has 0 fully saturated rings. The van der Waals surface area contributed by atoms with E-state index in [0.29, 0.717) is 18.2 Å². The lowest BCUT2D eigenvalue weighted by molar-refractivity contribution is 0.290. The van der Waals surface area contributed by atoms with Crippen LogP contribution in [-0.2, 0) is 0 Å². The molecule has 0 aliphatic heterocycles. The zero-order chi connectivity index (χ0) is 14.4. The summed E-state index contributed by atoms with van der Waals surface area (Å²) in [7, 11) is 0. The van der Waals surface area contributed by atoms with Crippen molar-refractivity contribution in [1.82, 2.24) is 0 Å². The third kappa shape index (κ3) is 4.15. The molecule has 1 atom stereocenters. The molecule has 0 aliphatic rings. The second-order valence-corrected chi connectivity index (χ2v) is 4.81. The molecule has 3 nitrogen and oxygen atoms in total. The van der Waals surface area contributed by atoms with E-state index in [2.05, 4.69) is 0 Å². The molecule has 2 rings (SSSR count). The molecule has 4 heteroatoms. The zero-order valence-corrected chi connectivity index (χ0v) is 12.1. The van der Waals surface area contributed by atoms with Gasteiger partial charge in [0.05, 0.1) is 12.6 Å². The lowest BCUT2D eigenvalue weighted by Gasteiger charge is -2.14. The summed E-state index contributed by atoms with van der Waals surface area (Å²) in [4.78, 5) is 0. The number of rotatable bonds is 6. The van der Waals surface area contributed by atoms with Crippen LogP contribution in [0, 0.1) is 0 Å². The van der Waals surface area contributed by atoms with Crippen molar-refractivity contribution in [3.63, 3.8) is 0 Å². The molecular formula is C16H18ClNO2. The van der Waals surface area contributed by atoms with E-state index >= 15 is 0 Å². The smallest absolute Gasteiger partial charge is 0.119 e. The van der Waals surface area contributed by atoms with Crippen LogP contribution in [-0.4, -0.2) is 13.2 Å². The summed E-state index contributed by atoms with van der Waals surface area (Å²) in [5.74, 6) is 1.61. The van der Waals surface area contributed by atoms with E-state index in [1.54, 1.807) is 12.1 Å². The van der Waals surface area contributed by atoms with Crippen molar-refractivity contribution < 1.29 is 9.47 Å². The first-order valence-electron chi connectivity index (χ1n) is 6.55. The molecule has 0 amide bonds. The van der Waals surface area contributed by atoms with Crippen LogP contribution in [0.5, 0.6) is 11.5 Å². The molecule has 0 aliphatic carbocycles. The Morgan fingerprint density at radius 2 is 1.50 bits per heavy atom. The lowest BCUT2D eigenvalue weighted by atomic mass is 10.1. The first kappa shape index (κ1) is 14.7. The topological polar surface area (TPSA) is 44.5 Å². The molecule has 0 saturated heterocycles. The maximum absolute atomic E-state index is 6.10. The van der Waals surface area contributed by atoms with E-state index in [9.17, 15) is 0 Å². The van der Waals surface area contributed by atoms with Gasteiger partial charge in [0, 0.05) is 5.02 Å². The number of hydrogen-bond acceptors (Lipinski definition) is 3. The van der Waals surface area contributed by atoms with Crippen LogP contribution < -0.4 is 15.2 Å². The maximum Gasteiger partial charge on any atom is 0.119 e. The van der Waals surface area contributed by atoms with Crippen LogP contribution in [0.2, 0.25) is 5.02 Å². The van der Waals surface area contributed by atoms with Crippen LogP contribution in [0.3, 0.4) is 0 Å². The van der Waals surface area contributed by atoms with Gasteiger partial charge in [0.15, 0.2) is 0 Å². The van der Waals surface area contributed by atoms with Crippen molar-refractivity contribution in [2.45, 2.75) is 13.0 Å². The molecule has 0 aromatic heterocycles. The maximum atomic E-state index is 6.10. The molecule has 106 valence electrons. The van der Waals surface area contributed by atoms with Gasteiger partial charge in [0.2, 0.25) is 0 Å². The van der Waals surface area contributed by atoms with Crippen LogP contribution in [0.1, 0.15) is 18.5 Å². The monoisotopic (exact) mass is 291 g/mol. The molecule has 0 saturated carbocycles. The fourth-order valence-electron chi connectivity index (χ4n) is 1.79. The number of halogens is 1. The molecule has 20 heavy (non-hydrogen) atoms. The normalized spacial score (nSPS) is 11.9. The van der Waals surface area contributed by atoms with E-state index in [1.165, 1.54) is 0 Å². The van der Waals surface area contributed by atoms with Gasteiger partial charge in [-0.3, -0.25) is 0 Å². The Kier molecular flexibility index (Phi) is 5.27. The lowest BCUT2D eigenvalue weighted by Crippen LogP contribution is -2.18. The highest BCUT2D eigenvalue weighted by atomic mass is 35.5. The Balaban J connectivity index is 1.90. The Labute approximate surface area is 124 Å². The number of hydrogen-bond donors (Lipinski definition) is 1. The number of benzene rings is 2. The Morgan fingerprint density at radius 1 is 0.950 bits per heavy atom. The van der Waals surface area contributed by atoms with Gasteiger partial charge in [-0.25, -0.2) is 0 Å². The predicted molar refractivity (Wildman–Crippen MR) is 81.5 cm³/mol. The minimum Gasteiger partial charge on any atom is -0.494 e. The van der Waals surface area contributed by atoms with Crippen molar-refractivity contribution in [3.8, 4) is 11.5 Å². The van der Waals surface area contributed by atoms with Crippen LogP contribution >= 0.6 is 11.6 Å². The molecule has 0 spiro atoms. The van der Waals surface area contributed by atoms with Gasteiger partial charge in [0.25, 0.3) is 0 Å². The van der Waals surface area contributed by atoms with Gasteiger partial charge in [0.1, 0.15) is 18.1 Å². The summed E-state index contributed by atoms with van der Waals surface area (Å²) in [5, 5.41) is 0.688. The van der Waals surface area contributed by atoms with Gasteiger partial charge in [-0.1, -0.05) is 23.7 Å². The summed E-state index contributed by atoms with van der Waals surface area (Å²) >= 11 is 5.82. The fraction of sp³-hybridized carbons (Fsp3) is 0.250. The second kappa shape index (κ2) is 7.17. The third-order valence-corrected chi connectivity index (χ3v) is 3.11. The molecule has 0 bridgehead atoms. The summed E-state index contributed by atoms with van der Waals surface area (Å²) in [6, 6.07) is 14.8. The fourth-order valence-corrected chi connectivity index (χ4v) is 1.92. The standard InChI is InChI=1S/C16H18ClNO2/c1-2-19-14-7-3-12(4-8-14)16(18)11-20-15-9-5-13(17)6-10-15/h3-10,16H,2,11,18H2,1H3. The molecule has 0 radical (unpaired) electrons. The average Bonchev–Trinajstić information content (AvgIpc) is 2.47. The Bertz CT molecular complexity index is 525. The first-order chi connectivity index (χ1) is 9.69. The van der Waals surface area contributed by atoms with Crippen molar-refractivity contribution >= 4 is 11.6 Å². The van der Waals surface area contributed by atoms with E-state index in [1.807, 2.05) is 43.3 Å². The van der Waals surface area contributed by atoms with E-state index in [0.717, 1.165) is 17.1 Å². The quantitative estimate of drug-likeness (QED) is 0.880. The van der Waals surface area contributed by atoms with Gasteiger partial charge in [-0.15, -0.1) is 0 Å². The predicted octanol–water partition coefficient (Wildman–Crippen LogP) is 3.82. The highest BCUT2D eigenvalue weighted by molar-refractivity contribution is 6.30. The number of ether oxygens (including phenoxy) is 2. The van der Waals surface area contributed by atoms with E-state index in [4.69, 9.17) is 26.8 Å². The van der Waals surface area contributed by atoms with Gasteiger partial charge in [-0.05, 0) is 48.9 Å². The van der Waals surface area contributed by atoms with Crippen molar-refractivity contribution in [3.05, 3.63) is 59.1 Å². The summed E-state index contributed by atoms with van der Waals surface area (Å²) < 4.78 is 11.0. The van der Waals surface area contributed by atoms with Crippen molar-refractivity contribution in [2.75, 3.05) is 13.2 Å². The van der Waals surface area contributed by atoms with Gasteiger partial charge >= 0.3 is 0 Å². The van der Waals surface area contributed by atoms with Gasteiger partial charge < -0.3 is 15.2 Å². The Hall–Kier alpha value is -1.71. The van der Waals surface area contributed by atoms with Crippen molar-refractivity contribution in [1.29, 1.82) is 0 Å². The first-order valence-corrected chi connectivity index (χ1v) is 6.93. The van der Waals surface area contributed by atoms with E-state index in [-0.39, 0.29) is 6.04 Å². The molecule has 2 N–H and O–H groups in total. The third-order valence-electron chi connectivity index (χ3n) is 2.86. The summed E-state index contributed by atoms with van der Waals surface area (Å²) in [5.41, 5.74) is 7.12. The van der Waals surface area contributed by atoms with Gasteiger partial charge in [-0.2, -0.15) is 0 Å². The highest BCUT2D eigenvalue weighted by Crippen LogP contribution is 2.19. The van der Waals surface area contributed by atoms with Crippen molar-refractivity contribution in [2.24, 2.45) is 5.73 Å². The summed E-state index contributed by atoms with van der Waals surface area (Å²) in [6.07, 6.45) is 0. The molecule has 2 aromatic carbocycles. The molecule has 0 heterocycles. The molecule has 2 aromatic rings. The minimum absolute atomic E-state index is 0.179. The SMILES string of the molecule is CCOc1ccc(C(N)COc2ccc(Cl)cc2)cc1. The zero-order valence-electron chi connectivity index (χ0n) is 11.4. The van der Waals surface area contributed by atoms with Crippen LogP contribution in [0.25, 0.3) is 0 Å². The summed E-state index contributed by atoms with van der Waals surface area (Å²) in [6.45, 7) is 3.03. The molecular weight excluding hydrogens is 274 g/mol. The number of nitrogens with two attached hydrogens (primary N) is 1. The largest absolute Gasteiger partial charge is 0.494 e. The Morgan fingerprint density at radius 3 is 2.10 bits per heavy atom. The van der Waals surface area contributed by atoms with Crippen LogP contribution in [0.4, 0.5) is 0 Å². The highest BCUT2D eigenvalue weighted by Gasteiger charge is 2.07. The molecule has 1 unspecified atom stereocenters.